The molecule has 1 heterocycles. The predicted octanol–water partition coefficient (Wildman–Crippen LogP) is 4.73. The van der Waals surface area contributed by atoms with Crippen molar-refractivity contribution in [1.82, 2.24) is 4.57 Å². The van der Waals surface area contributed by atoms with Gasteiger partial charge in [0.2, 0.25) is 0 Å². The molecule has 124 valence electrons. The van der Waals surface area contributed by atoms with Crippen LogP contribution in [-0.2, 0) is 24.6 Å². The molecule has 1 atom stereocenters. The summed E-state index contributed by atoms with van der Waals surface area (Å²) < 4.78 is 7.95. The molecule has 3 aromatic rings. The minimum Gasteiger partial charge on any atom is -0.381 e. The highest BCUT2D eigenvalue weighted by atomic mass is 16.5. The Morgan fingerprint density at radius 1 is 1.08 bits per heavy atom. The molecular weight excluding hydrogens is 296 g/mol. The Morgan fingerprint density at radius 2 is 1.83 bits per heavy atom. The van der Waals surface area contributed by atoms with Crippen LogP contribution >= 0.6 is 0 Å². The standard InChI is InChI=1S/C21H24N2O/c1-14-4-6-15(7-5-14)22-16-8-10-18-19-13-17(24-3)9-11-20(19)23(2)21(18)12-16/h4-8,10,12,17,22H,9,11,13H2,1-3H3. The Balaban J connectivity index is 1.71. The molecule has 1 aromatic heterocycles. The first-order valence-corrected chi connectivity index (χ1v) is 8.62. The van der Waals surface area contributed by atoms with Crippen LogP contribution in [0.3, 0.4) is 0 Å². The number of hydrogen-bond donors (Lipinski definition) is 1. The summed E-state index contributed by atoms with van der Waals surface area (Å²) in [5, 5.41) is 4.88. The molecule has 1 aliphatic rings. The summed E-state index contributed by atoms with van der Waals surface area (Å²) in [5.74, 6) is 0. The van der Waals surface area contributed by atoms with Crippen molar-refractivity contribution in [2.45, 2.75) is 32.3 Å². The second-order valence-corrected chi connectivity index (χ2v) is 6.81. The van der Waals surface area contributed by atoms with Crippen molar-refractivity contribution < 1.29 is 4.74 Å². The fraction of sp³-hybridized carbons (Fsp3) is 0.333. The average molecular weight is 320 g/mol. The van der Waals surface area contributed by atoms with Gasteiger partial charge in [-0.05, 0) is 49.6 Å². The van der Waals surface area contributed by atoms with Crippen molar-refractivity contribution >= 4 is 22.3 Å². The maximum atomic E-state index is 5.60. The first kappa shape index (κ1) is 15.3. The number of ether oxygens (including phenoxy) is 1. The van der Waals surface area contributed by atoms with Gasteiger partial charge < -0.3 is 14.6 Å². The average Bonchev–Trinajstić information content (AvgIpc) is 2.89. The van der Waals surface area contributed by atoms with Crippen molar-refractivity contribution in [1.29, 1.82) is 0 Å². The quantitative estimate of drug-likeness (QED) is 0.755. The van der Waals surface area contributed by atoms with Crippen LogP contribution in [-0.4, -0.2) is 17.8 Å². The first-order chi connectivity index (χ1) is 11.7. The van der Waals surface area contributed by atoms with Gasteiger partial charge in [-0.15, -0.1) is 0 Å². The smallest absolute Gasteiger partial charge is 0.0616 e. The molecule has 0 bridgehead atoms. The van der Waals surface area contributed by atoms with E-state index in [1.54, 1.807) is 0 Å². The van der Waals surface area contributed by atoms with Gasteiger partial charge in [0.25, 0.3) is 0 Å². The first-order valence-electron chi connectivity index (χ1n) is 8.62. The molecule has 0 fully saturated rings. The van der Waals surface area contributed by atoms with Crippen LogP contribution in [0.25, 0.3) is 10.9 Å². The van der Waals surface area contributed by atoms with Crippen molar-refractivity contribution in [2.75, 3.05) is 12.4 Å². The van der Waals surface area contributed by atoms with Crippen molar-refractivity contribution in [3.05, 3.63) is 59.3 Å². The number of rotatable bonds is 3. The molecule has 1 N–H and O–H groups in total. The Morgan fingerprint density at radius 3 is 2.58 bits per heavy atom. The molecule has 1 aliphatic carbocycles. The topological polar surface area (TPSA) is 26.2 Å². The lowest BCUT2D eigenvalue weighted by molar-refractivity contribution is 0.0908. The Labute approximate surface area is 143 Å². The van der Waals surface area contributed by atoms with Crippen molar-refractivity contribution in [3.63, 3.8) is 0 Å². The predicted molar refractivity (Wildman–Crippen MR) is 100 cm³/mol. The summed E-state index contributed by atoms with van der Waals surface area (Å²) >= 11 is 0. The minimum atomic E-state index is 0.355. The zero-order valence-electron chi connectivity index (χ0n) is 14.6. The highest BCUT2D eigenvalue weighted by Crippen LogP contribution is 2.34. The number of aryl methyl sites for hydroxylation is 2. The maximum absolute atomic E-state index is 5.60. The molecule has 0 radical (unpaired) electrons. The van der Waals surface area contributed by atoms with Crippen LogP contribution in [0.1, 0.15) is 23.2 Å². The van der Waals surface area contributed by atoms with E-state index in [0.717, 1.165) is 30.6 Å². The number of anilines is 2. The van der Waals surface area contributed by atoms with E-state index >= 15 is 0 Å². The molecule has 24 heavy (non-hydrogen) atoms. The van der Waals surface area contributed by atoms with Crippen LogP contribution in [0.5, 0.6) is 0 Å². The Hall–Kier alpha value is -2.26. The summed E-state index contributed by atoms with van der Waals surface area (Å²) in [6, 6.07) is 15.2. The zero-order chi connectivity index (χ0) is 16.7. The molecule has 0 spiro atoms. The minimum absolute atomic E-state index is 0.355. The number of nitrogens with zero attached hydrogens (tertiary/aromatic N) is 1. The number of nitrogens with one attached hydrogen (secondary N) is 1. The largest absolute Gasteiger partial charge is 0.381 e. The molecule has 3 heteroatoms. The molecule has 4 rings (SSSR count). The van der Waals surface area contributed by atoms with Gasteiger partial charge in [0, 0.05) is 43.0 Å². The zero-order valence-corrected chi connectivity index (χ0v) is 14.6. The highest BCUT2D eigenvalue weighted by molar-refractivity contribution is 5.89. The molecule has 0 aliphatic heterocycles. The van der Waals surface area contributed by atoms with E-state index in [4.69, 9.17) is 4.74 Å². The normalized spacial score (nSPS) is 17.0. The van der Waals surface area contributed by atoms with Crippen molar-refractivity contribution in [2.24, 2.45) is 7.05 Å². The van der Waals surface area contributed by atoms with Gasteiger partial charge in [0.05, 0.1) is 11.6 Å². The molecule has 0 amide bonds. The molecule has 0 saturated carbocycles. The van der Waals surface area contributed by atoms with E-state index < -0.39 is 0 Å². The number of hydrogen-bond acceptors (Lipinski definition) is 2. The summed E-state index contributed by atoms with van der Waals surface area (Å²) in [5.41, 5.74) is 7.76. The highest BCUT2D eigenvalue weighted by Gasteiger charge is 2.24. The summed E-state index contributed by atoms with van der Waals surface area (Å²) in [7, 11) is 4.01. The second kappa shape index (κ2) is 5.99. The number of benzene rings is 2. The van der Waals surface area contributed by atoms with Gasteiger partial charge in [-0.3, -0.25) is 0 Å². The van der Waals surface area contributed by atoms with Gasteiger partial charge >= 0.3 is 0 Å². The molecular formula is C21H24N2O. The fourth-order valence-corrected chi connectivity index (χ4v) is 3.82. The van der Waals surface area contributed by atoms with E-state index in [1.165, 1.54) is 27.7 Å². The van der Waals surface area contributed by atoms with E-state index in [-0.39, 0.29) is 0 Å². The van der Waals surface area contributed by atoms with Crippen LogP contribution in [0.4, 0.5) is 11.4 Å². The van der Waals surface area contributed by atoms with Gasteiger partial charge in [0.15, 0.2) is 0 Å². The lowest BCUT2D eigenvalue weighted by Gasteiger charge is -2.22. The van der Waals surface area contributed by atoms with Crippen LogP contribution in [0, 0.1) is 6.92 Å². The fourth-order valence-electron chi connectivity index (χ4n) is 3.82. The SMILES string of the molecule is COC1CCc2c(c3ccc(Nc4ccc(C)cc4)cc3n2C)C1. The van der Waals surface area contributed by atoms with E-state index in [0.29, 0.717) is 6.10 Å². The third kappa shape index (κ3) is 2.59. The summed E-state index contributed by atoms with van der Waals surface area (Å²) in [6.45, 7) is 2.11. The van der Waals surface area contributed by atoms with Crippen LogP contribution in [0.2, 0.25) is 0 Å². The van der Waals surface area contributed by atoms with Gasteiger partial charge in [-0.2, -0.15) is 0 Å². The molecule has 0 saturated heterocycles. The number of fused-ring (bicyclic) bond motifs is 3. The molecule has 2 aromatic carbocycles. The lowest BCUT2D eigenvalue weighted by atomic mass is 9.93. The third-order valence-corrected chi connectivity index (χ3v) is 5.25. The monoisotopic (exact) mass is 320 g/mol. The maximum Gasteiger partial charge on any atom is 0.0616 e. The second-order valence-electron chi connectivity index (χ2n) is 6.81. The number of methoxy groups -OCH3 is 1. The van der Waals surface area contributed by atoms with Gasteiger partial charge in [-0.1, -0.05) is 23.8 Å². The van der Waals surface area contributed by atoms with Gasteiger partial charge in [0.1, 0.15) is 0 Å². The molecule has 3 nitrogen and oxygen atoms in total. The number of aromatic nitrogens is 1. The molecule has 1 unspecified atom stereocenters. The van der Waals surface area contributed by atoms with E-state index in [1.807, 2.05) is 7.11 Å². The summed E-state index contributed by atoms with van der Waals surface area (Å²) in [4.78, 5) is 0. The van der Waals surface area contributed by atoms with E-state index in [9.17, 15) is 0 Å². The van der Waals surface area contributed by atoms with Crippen molar-refractivity contribution in [3.8, 4) is 0 Å². The van der Waals surface area contributed by atoms with Gasteiger partial charge in [-0.25, -0.2) is 0 Å². The Kier molecular flexibility index (Phi) is 3.81. The van der Waals surface area contributed by atoms with Crippen LogP contribution < -0.4 is 5.32 Å². The third-order valence-electron chi connectivity index (χ3n) is 5.25. The Bertz CT molecular complexity index is 877. The van der Waals surface area contributed by atoms with E-state index in [2.05, 4.69) is 66.3 Å². The van der Waals surface area contributed by atoms with Crippen LogP contribution in [0.15, 0.2) is 42.5 Å². The summed E-state index contributed by atoms with van der Waals surface area (Å²) in [6.07, 6.45) is 3.59. The lowest BCUT2D eigenvalue weighted by Crippen LogP contribution is -2.21.